The summed E-state index contributed by atoms with van der Waals surface area (Å²) >= 11 is 0. The van der Waals surface area contributed by atoms with E-state index < -0.39 is 0 Å². The van der Waals surface area contributed by atoms with Crippen LogP contribution >= 0.6 is 0 Å². The summed E-state index contributed by atoms with van der Waals surface area (Å²) < 4.78 is 4.44. The van der Waals surface area contributed by atoms with Gasteiger partial charge in [0.2, 0.25) is 0 Å². The Morgan fingerprint density at radius 3 is 1.57 bits per heavy atom. The number of para-hydroxylation sites is 7. The third-order valence-corrected chi connectivity index (χ3v) is 10.3. The van der Waals surface area contributed by atoms with Crippen molar-refractivity contribution in [2.24, 2.45) is 0 Å². The van der Waals surface area contributed by atoms with Gasteiger partial charge in [-0.15, -0.1) is 48.3 Å². The van der Waals surface area contributed by atoms with Crippen LogP contribution in [-0.2, 0) is 20.1 Å². The van der Waals surface area contributed by atoms with Crippen molar-refractivity contribution in [1.29, 1.82) is 0 Å². The normalized spacial score (nSPS) is 11.9. The minimum Gasteiger partial charge on any atom is -0.493 e. The Morgan fingerprint density at radius 1 is 0.448 bits per heavy atom. The Morgan fingerprint density at radius 2 is 0.966 bits per heavy atom. The van der Waals surface area contributed by atoms with E-state index in [1.165, 1.54) is 22.1 Å². The molecule has 0 fully saturated rings. The molecule has 3 heterocycles. The fourth-order valence-corrected chi connectivity index (χ4v) is 7.75. The minimum atomic E-state index is 0. The van der Waals surface area contributed by atoms with Gasteiger partial charge in [0.15, 0.2) is 0 Å². The average molecular weight is 923 g/mol. The molecule has 0 bridgehead atoms. The van der Waals surface area contributed by atoms with Crippen LogP contribution in [0.3, 0.4) is 0 Å². The fourth-order valence-electron chi connectivity index (χ4n) is 7.75. The molecule has 58 heavy (non-hydrogen) atoms. The summed E-state index contributed by atoms with van der Waals surface area (Å²) in [6.45, 7) is 2.12. The second-order valence-electron chi connectivity index (χ2n) is 13.7. The van der Waals surface area contributed by atoms with Crippen molar-refractivity contribution >= 4 is 44.6 Å². The standard InChI is InChI=1S/C33H22N3.C19H14N2.Ir/c1-4-14-24(15-5-1)31-33(35-29-22-12-10-20-27(29)28-21-11-13-23-30(28)35)32(25-16-6-2-7-17-25)36(34-31)26-18-8-3-9-19-26;1-3-9-16(10-4-1)20-15-21(17-11-5-2-6-12-17)19-14-8-7-13-18(19)20;/h1-14,16-23H;1-11,13-15H;/q-1;-2;+3. The molecule has 0 saturated heterocycles. The van der Waals surface area contributed by atoms with E-state index in [-0.39, 0.29) is 20.1 Å². The van der Waals surface area contributed by atoms with Gasteiger partial charge in [-0.05, 0) is 48.5 Å². The van der Waals surface area contributed by atoms with Crippen LogP contribution in [-0.4, -0.2) is 14.3 Å². The number of hydrogen-bond acceptors (Lipinski definition) is 3. The summed E-state index contributed by atoms with van der Waals surface area (Å²) in [5.41, 5.74) is 12.9. The summed E-state index contributed by atoms with van der Waals surface area (Å²) in [4.78, 5) is 4.37. The number of benzene rings is 8. The molecule has 0 spiro atoms. The van der Waals surface area contributed by atoms with Crippen molar-refractivity contribution in [2.75, 3.05) is 9.80 Å². The molecule has 0 unspecified atom stereocenters. The fraction of sp³-hybridized carbons (Fsp3) is 0. The van der Waals surface area contributed by atoms with E-state index in [0.717, 1.165) is 56.3 Å². The molecule has 0 aliphatic carbocycles. The first-order valence-corrected chi connectivity index (χ1v) is 19.1. The van der Waals surface area contributed by atoms with Gasteiger partial charge < -0.3 is 14.4 Å². The summed E-state index contributed by atoms with van der Waals surface area (Å²) in [6.07, 6.45) is 0. The summed E-state index contributed by atoms with van der Waals surface area (Å²) in [6, 6.07) is 79.8. The smallest absolute Gasteiger partial charge is 0.493 e. The molecule has 11 rings (SSSR count). The maximum absolute atomic E-state index is 5.26. The first-order chi connectivity index (χ1) is 28.3. The van der Waals surface area contributed by atoms with Crippen LogP contribution in [0.2, 0.25) is 0 Å². The third-order valence-electron chi connectivity index (χ3n) is 10.3. The number of nitrogens with zero attached hydrogens (tertiary/aromatic N) is 5. The van der Waals surface area contributed by atoms with Crippen LogP contribution in [0.25, 0.3) is 55.7 Å². The summed E-state index contributed by atoms with van der Waals surface area (Å²) in [5, 5.41) is 7.71. The van der Waals surface area contributed by atoms with Crippen molar-refractivity contribution in [3.63, 3.8) is 0 Å². The van der Waals surface area contributed by atoms with Gasteiger partial charge in [0.05, 0.1) is 28.1 Å². The predicted octanol–water partition coefficient (Wildman–Crippen LogP) is 13.0. The van der Waals surface area contributed by atoms with Gasteiger partial charge in [0, 0.05) is 39.1 Å². The Bertz CT molecular complexity index is 2810. The van der Waals surface area contributed by atoms with E-state index in [9.17, 15) is 0 Å². The Kier molecular flexibility index (Phi) is 10.3. The molecule has 8 aromatic carbocycles. The Hall–Kier alpha value is -6.98. The number of aromatic nitrogens is 3. The topological polar surface area (TPSA) is 29.2 Å². The molecule has 5 nitrogen and oxygen atoms in total. The quantitative estimate of drug-likeness (QED) is 0.156. The van der Waals surface area contributed by atoms with Crippen LogP contribution in [0.15, 0.2) is 212 Å². The molecule has 0 atom stereocenters. The van der Waals surface area contributed by atoms with E-state index in [2.05, 4.69) is 202 Å². The van der Waals surface area contributed by atoms with Crippen molar-refractivity contribution in [2.45, 2.75) is 0 Å². The molecule has 1 aliphatic heterocycles. The SMILES string of the molecule is [Ir+3].[c-]1ccccc1-c1nn(-c2ccccc2)c(-c2ccccc2)c1-n1c2ccccc2c2ccccc21.[c-]1ccccc1N1[CH-]N(c2ccccc2)c2ccccc21. The molecular weight excluding hydrogens is 887 g/mol. The molecule has 0 radical (unpaired) electrons. The van der Waals surface area contributed by atoms with Crippen molar-refractivity contribution in [3.05, 3.63) is 231 Å². The number of fused-ring (bicyclic) bond motifs is 4. The van der Waals surface area contributed by atoms with Crippen molar-refractivity contribution < 1.29 is 20.1 Å². The zero-order valence-electron chi connectivity index (χ0n) is 31.4. The molecule has 0 amide bonds. The van der Waals surface area contributed by atoms with Gasteiger partial charge in [-0.2, -0.15) is 30.3 Å². The summed E-state index contributed by atoms with van der Waals surface area (Å²) in [5.74, 6) is 0. The third kappa shape index (κ3) is 6.69. The summed E-state index contributed by atoms with van der Waals surface area (Å²) in [7, 11) is 0. The van der Waals surface area contributed by atoms with E-state index in [0.29, 0.717) is 0 Å². The van der Waals surface area contributed by atoms with E-state index in [1.54, 1.807) is 0 Å². The van der Waals surface area contributed by atoms with Gasteiger partial charge in [0.25, 0.3) is 0 Å². The van der Waals surface area contributed by atoms with Crippen LogP contribution in [0.4, 0.5) is 22.7 Å². The maximum Gasteiger partial charge on any atom is 3.00 e. The molecule has 2 aromatic heterocycles. The largest absolute Gasteiger partial charge is 3.00 e. The molecule has 0 N–H and O–H groups in total. The van der Waals surface area contributed by atoms with E-state index in [4.69, 9.17) is 5.10 Å². The van der Waals surface area contributed by atoms with E-state index in [1.807, 2.05) is 48.5 Å². The van der Waals surface area contributed by atoms with Crippen molar-refractivity contribution in [1.82, 2.24) is 14.3 Å². The molecular formula is C52H36IrN5. The second kappa shape index (κ2) is 16.2. The number of anilines is 4. The van der Waals surface area contributed by atoms with Gasteiger partial charge in [-0.1, -0.05) is 115 Å². The Balaban J connectivity index is 0.000000169. The van der Waals surface area contributed by atoms with Gasteiger partial charge in [0.1, 0.15) is 0 Å². The van der Waals surface area contributed by atoms with Crippen LogP contribution in [0.1, 0.15) is 0 Å². The molecule has 278 valence electrons. The predicted molar refractivity (Wildman–Crippen MR) is 234 cm³/mol. The van der Waals surface area contributed by atoms with Crippen LogP contribution in [0.5, 0.6) is 0 Å². The monoisotopic (exact) mass is 923 g/mol. The maximum atomic E-state index is 5.26. The van der Waals surface area contributed by atoms with Gasteiger partial charge >= 0.3 is 20.1 Å². The second-order valence-corrected chi connectivity index (χ2v) is 13.7. The average Bonchev–Trinajstić information content (AvgIpc) is 3.99. The van der Waals surface area contributed by atoms with Crippen molar-refractivity contribution in [3.8, 4) is 33.9 Å². The van der Waals surface area contributed by atoms with Crippen LogP contribution in [0, 0.1) is 18.8 Å². The van der Waals surface area contributed by atoms with Gasteiger partial charge in [-0.3, -0.25) is 0 Å². The number of rotatable bonds is 6. The van der Waals surface area contributed by atoms with Gasteiger partial charge in [-0.25, -0.2) is 9.78 Å². The zero-order chi connectivity index (χ0) is 38.0. The van der Waals surface area contributed by atoms with E-state index >= 15 is 0 Å². The first kappa shape index (κ1) is 36.6. The zero-order valence-corrected chi connectivity index (χ0v) is 33.7. The molecule has 10 aromatic rings. The number of hydrogen-bond donors (Lipinski definition) is 0. The molecule has 6 heteroatoms. The Labute approximate surface area is 352 Å². The molecule has 0 saturated carbocycles. The van der Waals surface area contributed by atoms with Crippen LogP contribution < -0.4 is 9.80 Å². The first-order valence-electron chi connectivity index (χ1n) is 19.1. The minimum absolute atomic E-state index is 0. The molecule has 1 aliphatic rings.